The van der Waals surface area contributed by atoms with Gasteiger partial charge in [-0.05, 0) is 18.9 Å². The number of amides is 1. The first-order chi connectivity index (χ1) is 9.63. The van der Waals surface area contributed by atoms with E-state index in [1.807, 2.05) is 30.0 Å². The van der Waals surface area contributed by atoms with E-state index in [1.165, 1.54) is 5.56 Å². The zero-order valence-electron chi connectivity index (χ0n) is 12.2. The van der Waals surface area contributed by atoms with Crippen LogP contribution in [0.2, 0.25) is 0 Å². The molecule has 1 aromatic carbocycles. The maximum absolute atomic E-state index is 12.4. The van der Waals surface area contributed by atoms with Crippen LogP contribution in [-0.4, -0.2) is 34.8 Å². The Labute approximate surface area is 120 Å². The fourth-order valence-electron chi connectivity index (χ4n) is 2.75. The topological polar surface area (TPSA) is 52.9 Å². The Morgan fingerprint density at radius 1 is 1.50 bits per heavy atom. The molecule has 0 bridgehead atoms. The lowest BCUT2D eigenvalue weighted by atomic mass is 9.93. The van der Waals surface area contributed by atoms with Gasteiger partial charge in [-0.15, -0.1) is 0 Å². The molecule has 108 valence electrons. The third kappa shape index (κ3) is 3.38. The Kier molecular flexibility index (Phi) is 4.77. The van der Waals surface area contributed by atoms with Gasteiger partial charge in [0.25, 0.3) is 0 Å². The molecule has 1 amide bonds. The monoisotopic (exact) mass is 274 g/mol. The summed E-state index contributed by atoms with van der Waals surface area (Å²) in [5, 5.41) is 12.3. The molecule has 1 aliphatic rings. The highest BCUT2D eigenvalue weighted by molar-refractivity contribution is 5.89. The summed E-state index contributed by atoms with van der Waals surface area (Å²) in [4.78, 5) is 14.3. The zero-order valence-corrected chi connectivity index (χ0v) is 12.2. The van der Waals surface area contributed by atoms with E-state index in [0.29, 0.717) is 25.9 Å². The number of carbonyl (C=O) groups is 1. The first-order valence-electron chi connectivity index (χ1n) is 7.18. The zero-order chi connectivity index (χ0) is 14.5. The van der Waals surface area contributed by atoms with Gasteiger partial charge < -0.3 is 10.1 Å². The van der Waals surface area contributed by atoms with Gasteiger partial charge >= 0.3 is 0 Å². The Bertz CT molecular complexity index is 511. The molecule has 1 N–H and O–H groups in total. The van der Waals surface area contributed by atoms with Crippen molar-refractivity contribution in [1.29, 1.82) is 0 Å². The van der Waals surface area contributed by atoms with E-state index in [2.05, 4.69) is 18.1 Å². The molecule has 1 heterocycles. The van der Waals surface area contributed by atoms with Gasteiger partial charge in [-0.25, -0.2) is 0 Å². The second kappa shape index (κ2) is 6.55. The number of nitrogens with zero attached hydrogens (tertiary/aromatic N) is 2. The second-order valence-electron chi connectivity index (χ2n) is 5.45. The molecule has 0 spiro atoms. The molecule has 1 aromatic rings. The first-order valence-corrected chi connectivity index (χ1v) is 7.18. The summed E-state index contributed by atoms with van der Waals surface area (Å²) in [6.07, 6.45) is 2.02. The van der Waals surface area contributed by atoms with Gasteiger partial charge in [-0.1, -0.05) is 41.9 Å². The van der Waals surface area contributed by atoms with Crippen molar-refractivity contribution in [2.24, 2.45) is 11.1 Å². The minimum atomic E-state index is 0.158. The predicted molar refractivity (Wildman–Crippen MR) is 79.1 cm³/mol. The fraction of sp³-hybridized carbons (Fsp3) is 0.500. The number of carbonyl (C=O) groups excluding carboxylic acids is 1. The van der Waals surface area contributed by atoms with Gasteiger partial charge in [0.1, 0.15) is 0 Å². The van der Waals surface area contributed by atoms with Crippen molar-refractivity contribution in [3.63, 3.8) is 0 Å². The van der Waals surface area contributed by atoms with Crippen LogP contribution in [0.15, 0.2) is 29.4 Å². The highest BCUT2D eigenvalue weighted by atomic mass is 16.4. The number of rotatable bonds is 3. The minimum absolute atomic E-state index is 0.158. The van der Waals surface area contributed by atoms with Crippen LogP contribution < -0.4 is 0 Å². The molecule has 0 radical (unpaired) electrons. The first kappa shape index (κ1) is 14.6. The Morgan fingerprint density at radius 3 is 2.95 bits per heavy atom. The summed E-state index contributed by atoms with van der Waals surface area (Å²) in [6, 6.07) is 8.07. The average Bonchev–Trinajstić information content (AvgIpc) is 2.46. The van der Waals surface area contributed by atoms with Gasteiger partial charge in [0.2, 0.25) is 5.91 Å². The van der Waals surface area contributed by atoms with Crippen LogP contribution in [-0.2, 0) is 11.2 Å². The van der Waals surface area contributed by atoms with Crippen molar-refractivity contribution in [2.45, 2.75) is 33.1 Å². The lowest BCUT2D eigenvalue weighted by Crippen LogP contribution is -2.44. The number of hydrogen-bond donors (Lipinski definition) is 1. The van der Waals surface area contributed by atoms with Crippen LogP contribution in [0.5, 0.6) is 0 Å². The van der Waals surface area contributed by atoms with E-state index < -0.39 is 0 Å². The minimum Gasteiger partial charge on any atom is -0.411 e. The van der Waals surface area contributed by atoms with Crippen molar-refractivity contribution < 1.29 is 10.0 Å². The number of likely N-dealkylation sites (tertiary alicyclic amines) is 1. The summed E-state index contributed by atoms with van der Waals surface area (Å²) < 4.78 is 0. The predicted octanol–water partition coefficient (Wildman–Crippen LogP) is 2.63. The summed E-state index contributed by atoms with van der Waals surface area (Å²) >= 11 is 0. The normalized spacial score (nSPS) is 21.2. The number of aryl methyl sites for hydroxylation is 1. The van der Waals surface area contributed by atoms with Gasteiger partial charge in [-0.2, -0.15) is 0 Å². The number of piperidine rings is 1. The van der Waals surface area contributed by atoms with Crippen LogP contribution in [0.25, 0.3) is 0 Å². The molecule has 1 aliphatic heterocycles. The smallest absolute Gasteiger partial charge is 0.227 e. The van der Waals surface area contributed by atoms with Gasteiger partial charge in [0.15, 0.2) is 0 Å². The molecular formula is C16H22N2O2. The molecule has 2 rings (SSSR count). The van der Waals surface area contributed by atoms with E-state index in [0.717, 1.165) is 17.7 Å². The molecule has 4 heteroatoms. The summed E-state index contributed by atoms with van der Waals surface area (Å²) in [6.45, 7) is 5.41. The molecule has 0 saturated carbocycles. The molecule has 1 saturated heterocycles. The van der Waals surface area contributed by atoms with Crippen LogP contribution in [0, 0.1) is 12.8 Å². The van der Waals surface area contributed by atoms with E-state index in [1.54, 1.807) is 0 Å². The quantitative estimate of drug-likeness (QED) is 0.680. The Balaban J connectivity index is 2.00. The summed E-state index contributed by atoms with van der Waals surface area (Å²) in [5.74, 6) is 0.348. The maximum Gasteiger partial charge on any atom is 0.227 e. The third-order valence-corrected chi connectivity index (χ3v) is 3.96. The Hall–Kier alpha value is -1.84. The van der Waals surface area contributed by atoms with Crippen LogP contribution in [0.1, 0.15) is 30.9 Å². The number of benzene rings is 1. The van der Waals surface area contributed by atoms with Crippen molar-refractivity contribution in [3.8, 4) is 0 Å². The molecular weight excluding hydrogens is 252 g/mol. The van der Waals surface area contributed by atoms with Crippen LogP contribution in [0.3, 0.4) is 0 Å². The number of oxime groups is 1. The van der Waals surface area contributed by atoms with E-state index >= 15 is 0 Å². The van der Waals surface area contributed by atoms with E-state index in [-0.39, 0.29) is 11.8 Å². The molecule has 1 fully saturated rings. The molecule has 0 aliphatic carbocycles. The van der Waals surface area contributed by atoms with Crippen LogP contribution in [0.4, 0.5) is 0 Å². The van der Waals surface area contributed by atoms with E-state index in [9.17, 15) is 4.79 Å². The summed E-state index contributed by atoms with van der Waals surface area (Å²) in [5.41, 5.74) is 3.06. The lowest BCUT2D eigenvalue weighted by Gasteiger charge is -2.33. The highest BCUT2D eigenvalue weighted by Gasteiger charge is 2.27. The highest BCUT2D eigenvalue weighted by Crippen LogP contribution is 2.18. The third-order valence-electron chi connectivity index (χ3n) is 3.96. The largest absolute Gasteiger partial charge is 0.411 e. The molecule has 20 heavy (non-hydrogen) atoms. The van der Waals surface area contributed by atoms with E-state index in [4.69, 9.17) is 5.21 Å². The van der Waals surface area contributed by atoms with Crippen molar-refractivity contribution >= 4 is 11.6 Å². The second-order valence-corrected chi connectivity index (χ2v) is 5.45. The average molecular weight is 274 g/mol. The van der Waals surface area contributed by atoms with Crippen LogP contribution >= 0.6 is 0 Å². The maximum atomic E-state index is 12.4. The molecule has 0 aromatic heterocycles. The number of hydrogen-bond acceptors (Lipinski definition) is 3. The van der Waals surface area contributed by atoms with Crippen molar-refractivity contribution in [3.05, 3.63) is 35.4 Å². The lowest BCUT2D eigenvalue weighted by molar-refractivity contribution is -0.131. The van der Waals surface area contributed by atoms with Gasteiger partial charge in [0, 0.05) is 25.4 Å². The van der Waals surface area contributed by atoms with Gasteiger partial charge in [-0.3, -0.25) is 4.79 Å². The molecule has 4 nitrogen and oxygen atoms in total. The standard InChI is InChI=1S/C16H22N2O2/c1-3-14-11-18(8-7-15(14)17-20)16(19)10-13-6-4-5-12(2)9-13/h4-6,9,14,20H,3,7-8,10-11H2,1-2H3/b17-15+. The summed E-state index contributed by atoms with van der Waals surface area (Å²) in [7, 11) is 0. The van der Waals surface area contributed by atoms with Gasteiger partial charge in [0.05, 0.1) is 12.1 Å². The Morgan fingerprint density at radius 2 is 2.30 bits per heavy atom. The van der Waals surface area contributed by atoms with Crippen molar-refractivity contribution in [1.82, 2.24) is 4.90 Å². The van der Waals surface area contributed by atoms with Crippen molar-refractivity contribution in [2.75, 3.05) is 13.1 Å². The molecule has 1 unspecified atom stereocenters. The molecule has 1 atom stereocenters. The SMILES string of the molecule is CCC1CN(C(=O)Cc2cccc(C)c2)CC/C1=N\O. The fourth-order valence-corrected chi connectivity index (χ4v) is 2.75.